The van der Waals surface area contributed by atoms with Crippen LogP contribution in [0.25, 0.3) is 0 Å². The van der Waals surface area contributed by atoms with E-state index in [9.17, 15) is 0 Å². The van der Waals surface area contributed by atoms with Gasteiger partial charge in [0, 0.05) is 10.2 Å². The Labute approximate surface area is 138 Å². The number of aryl methyl sites for hydroxylation is 2. The molecule has 3 nitrogen and oxygen atoms in total. The second-order valence-electron chi connectivity index (χ2n) is 4.70. The molecule has 0 unspecified atom stereocenters. The Morgan fingerprint density at radius 2 is 2.00 bits per heavy atom. The van der Waals surface area contributed by atoms with E-state index in [1.165, 1.54) is 5.56 Å². The highest BCUT2D eigenvalue weighted by molar-refractivity contribution is 9.10. The number of nitrogens with one attached hydrogen (secondary N) is 2. The lowest BCUT2D eigenvalue weighted by Gasteiger charge is -2.10. The zero-order valence-corrected chi connectivity index (χ0v) is 14.3. The highest BCUT2D eigenvalue weighted by Gasteiger charge is 2.00. The van der Waals surface area contributed by atoms with Crippen molar-refractivity contribution in [3.63, 3.8) is 0 Å². The van der Waals surface area contributed by atoms with E-state index in [2.05, 4.69) is 44.8 Å². The van der Waals surface area contributed by atoms with Gasteiger partial charge in [-0.05, 0) is 55.4 Å². The van der Waals surface area contributed by atoms with E-state index in [0.717, 1.165) is 21.3 Å². The van der Waals surface area contributed by atoms with Crippen LogP contribution >= 0.6 is 28.1 Å². The van der Waals surface area contributed by atoms with Gasteiger partial charge in [0.1, 0.15) is 0 Å². The number of rotatable bonds is 3. The fraction of sp³-hybridized carbons (Fsp3) is 0.125. The van der Waals surface area contributed by atoms with Crippen LogP contribution < -0.4 is 10.7 Å². The fourth-order valence-corrected chi connectivity index (χ4v) is 2.44. The molecule has 0 atom stereocenters. The zero-order chi connectivity index (χ0) is 15.2. The molecule has 0 spiro atoms. The standard InChI is InChI=1S/C16H16BrN3S/c1-11-6-7-15(12(2)8-11)19-16(21)20-18-10-13-4-3-5-14(17)9-13/h3-10H,1-2H3,(H2,19,20,21). The van der Waals surface area contributed by atoms with E-state index >= 15 is 0 Å². The van der Waals surface area contributed by atoms with Gasteiger partial charge in [-0.25, -0.2) is 0 Å². The average molecular weight is 362 g/mol. The molecule has 2 N–H and O–H groups in total. The van der Waals surface area contributed by atoms with Crippen molar-refractivity contribution in [2.45, 2.75) is 13.8 Å². The van der Waals surface area contributed by atoms with Crippen LogP contribution in [-0.4, -0.2) is 11.3 Å². The number of hydrogen-bond donors (Lipinski definition) is 2. The molecule has 21 heavy (non-hydrogen) atoms. The topological polar surface area (TPSA) is 36.4 Å². The third-order valence-corrected chi connectivity index (χ3v) is 3.55. The summed E-state index contributed by atoms with van der Waals surface area (Å²) in [6.45, 7) is 4.11. The molecule has 0 aliphatic heterocycles. The van der Waals surface area contributed by atoms with E-state index in [1.54, 1.807) is 6.21 Å². The maximum Gasteiger partial charge on any atom is 0.191 e. The molecule has 0 radical (unpaired) electrons. The summed E-state index contributed by atoms with van der Waals surface area (Å²) in [5.41, 5.74) is 7.16. The van der Waals surface area contributed by atoms with Crippen LogP contribution in [0.1, 0.15) is 16.7 Å². The molecule has 0 aliphatic rings. The normalized spacial score (nSPS) is 10.6. The first kappa shape index (κ1) is 15.7. The first-order chi connectivity index (χ1) is 10.0. The van der Waals surface area contributed by atoms with Crippen molar-refractivity contribution in [3.8, 4) is 0 Å². The lowest BCUT2D eigenvalue weighted by molar-refractivity contribution is 1.05. The van der Waals surface area contributed by atoms with E-state index in [1.807, 2.05) is 43.3 Å². The van der Waals surface area contributed by atoms with Crippen LogP contribution in [0.2, 0.25) is 0 Å². The summed E-state index contributed by atoms with van der Waals surface area (Å²) in [5.74, 6) is 0. The van der Waals surface area contributed by atoms with Crippen LogP contribution in [0.5, 0.6) is 0 Å². The second-order valence-corrected chi connectivity index (χ2v) is 6.02. The minimum Gasteiger partial charge on any atom is -0.331 e. The van der Waals surface area contributed by atoms with Gasteiger partial charge in [-0.3, -0.25) is 5.43 Å². The Balaban J connectivity index is 1.93. The Kier molecular flexibility index (Phi) is 5.47. The first-order valence-corrected chi connectivity index (χ1v) is 7.67. The predicted octanol–water partition coefficient (Wildman–Crippen LogP) is 4.39. The van der Waals surface area contributed by atoms with E-state index in [0.29, 0.717) is 5.11 Å². The number of halogens is 1. The molecule has 2 rings (SSSR count). The maximum absolute atomic E-state index is 5.22. The van der Waals surface area contributed by atoms with Gasteiger partial charge < -0.3 is 5.32 Å². The smallest absolute Gasteiger partial charge is 0.191 e. The lowest BCUT2D eigenvalue weighted by atomic mass is 10.1. The monoisotopic (exact) mass is 361 g/mol. The molecule has 0 fully saturated rings. The summed E-state index contributed by atoms with van der Waals surface area (Å²) in [5, 5.41) is 7.72. The molecule has 0 saturated carbocycles. The average Bonchev–Trinajstić information content (AvgIpc) is 2.42. The van der Waals surface area contributed by atoms with Gasteiger partial charge in [-0.2, -0.15) is 5.10 Å². The summed E-state index contributed by atoms with van der Waals surface area (Å²) in [7, 11) is 0. The number of benzene rings is 2. The van der Waals surface area contributed by atoms with Crippen molar-refractivity contribution in [3.05, 3.63) is 63.6 Å². The van der Waals surface area contributed by atoms with Crippen molar-refractivity contribution in [2.75, 3.05) is 5.32 Å². The number of hydrazone groups is 1. The van der Waals surface area contributed by atoms with Crippen molar-refractivity contribution in [1.82, 2.24) is 5.43 Å². The van der Waals surface area contributed by atoms with Gasteiger partial charge in [-0.1, -0.05) is 45.8 Å². The minimum absolute atomic E-state index is 0.466. The molecule has 2 aromatic rings. The van der Waals surface area contributed by atoms with Gasteiger partial charge >= 0.3 is 0 Å². The predicted molar refractivity (Wildman–Crippen MR) is 97.0 cm³/mol. The molecular formula is C16H16BrN3S. The number of thiocarbonyl (C=S) groups is 1. The van der Waals surface area contributed by atoms with Crippen LogP contribution in [-0.2, 0) is 0 Å². The van der Waals surface area contributed by atoms with Crippen molar-refractivity contribution >= 4 is 45.2 Å². The van der Waals surface area contributed by atoms with Crippen LogP contribution in [0.3, 0.4) is 0 Å². The molecule has 108 valence electrons. The first-order valence-electron chi connectivity index (χ1n) is 6.47. The molecule has 0 saturated heterocycles. The van der Waals surface area contributed by atoms with Gasteiger partial charge in [0.15, 0.2) is 5.11 Å². The lowest BCUT2D eigenvalue weighted by Crippen LogP contribution is -2.24. The largest absolute Gasteiger partial charge is 0.331 e. The van der Waals surface area contributed by atoms with Gasteiger partial charge in [0.2, 0.25) is 0 Å². The molecule has 0 aromatic heterocycles. The number of nitrogens with zero attached hydrogens (tertiary/aromatic N) is 1. The summed E-state index contributed by atoms with van der Waals surface area (Å²) in [4.78, 5) is 0. The maximum atomic E-state index is 5.22. The highest BCUT2D eigenvalue weighted by Crippen LogP contribution is 2.15. The second kappa shape index (κ2) is 7.33. The SMILES string of the molecule is Cc1ccc(NC(=S)NN=Cc2cccc(Br)c2)c(C)c1. The quantitative estimate of drug-likeness (QED) is 0.483. The highest BCUT2D eigenvalue weighted by atomic mass is 79.9. The summed E-state index contributed by atoms with van der Waals surface area (Å²) >= 11 is 8.65. The van der Waals surface area contributed by atoms with E-state index < -0.39 is 0 Å². The Morgan fingerprint density at radius 1 is 1.19 bits per heavy atom. The summed E-state index contributed by atoms with van der Waals surface area (Å²) in [6, 6.07) is 14.0. The summed E-state index contributed by atoms with van der Waals surface area (Å²) in [6.07, 6.45) is 1.72. The zero-order valence-electron chi connectivity index (χ0n) is 11.9. The summed E-state index contributed by atoms with van der Waals surface area (Å²) < 4.78 is 1.02. The van der Waals surface area contributed by atoms with Gasteiger partial charge in [-0.15, -0.1) is 0 Å². The van der Waals surface area contributed by atoms with Crippen molar-refractivity contribution in [1.29, 1.82) is 0 Å². The molecular weight excluding hydrogens is 346 g/mol. The van der Waals surface area contributed by atoms with Crippen LogP contribution in [0, 0.1) is 13.8 Å². The van der Waals surface area contributed by atoms with Crippen LogP contribution in [0.4, 0.5) is 5.69 Å². The fourth-order valence-electron chi connectivity index (χ4n) is 1.86. The van der Waals surface area contributed by atoms with E-state index in [4.69, 9.17) is 12.2 Å². The molecule has 5 heteroatoms. The third kappa shape index (κ3) is 4.95. The molecule has 0 heterocycles. The van der Waals surface area contributed by atoms with Crippen molar-refractivity contribution in [2.24, 2.45) is 5.10 Å². The Morgan fingerprint density at radius 3 is 2.71 bits per heavy atom. The van der Waals surface area contributed by atoms with Crippen LogP contribution in [0.15, 0.2) is 52.0 Å². The molecule has 2 aromatic carbocycles. The molecule has 0 bridgehead atoms. The Bertz CT molecular complexity index is 683. The number of anilines is 1. The number of hydrogen-bond acceptors (Lipinski definition) is 2. The minimum atomic E-state index is 0.466. The third-order valence-electron chi connectivity index (χ3n) is 2.86. The van der Waals surface area contributed by atoms with E-state index in [-0.39, 0.29) is 0 Å². The van der Waals surface area contributed by atoms with Gasteiger partial charge in [0.05, 0.1) is 6.21 Å². The molecule has 0 aliphatic carbocycles. The molecule has 0 amide bonds. The van der Waals surface area contributed by atoms with Crippen molar-refractivity contribution < 1.29 is 0 Å². The van der Waals surface area contributed by atoms with Gasteiger partial charge in [0.25, 0.3) is 0 Å². The Hall–Kier alpha value is -1.72.